The van der Waals surface area contributed by atoms with Crippen LogP contribution in [-0.2, 0) is 20.8 Å². The number of carboxylic acids is 1. The molecule has 0 fully saturated rings. The lowest BCUT2D eigenvalue weighted by Crippen LogP contribution is -2.38. The van der Waals surface area contributed by atoms with E-state index in [-0.39, 0.29) is 6.54 Å². The van der Waals surface area contributed by atoms with Crippen LogP contribution < -0.4 is 9.47 Å². The van der Waals surface area contributed by atoms with Gasteiger partial charge in [0.2, 0.25) is 5.88 Å². The summed E-state index contributed by atoms with van der Waals surface area (Å²) in [5, 5.41) is 13.2. The topological polar surface area (TPSA) is 102 Å². The molecule has 1 aromatic carbocycles. The first-order valence-electron chi connectivity index (χ1n) is 9.22. The molecule has 0 radical (unpaired) electrons. The predicted molar refractivity (Wildman–Crippen MR) is 128 cm³/mol. The van der Waals surface area contributed by atoms with Crippen molar-refractivity contribution >= 4 is 83.4 Å². The molecule has 168 valence electrons. The molecule has 0 spiro atoms. The zero-order chi connectivity index (χ0) is 23.2. The lowest BCUT2D eigenvalue weighted by atomic mass is 10.2. The summed E-state index contributed by atoms with van der Waals surface area (Å²) >= 11 is 10.4. The summed E-state index contributed by atoms with van der Waals surface area (Å²) in [6.07, 6.45) is 3.66. The van der Waals surface area contributed by atoms with Crippen molar-refractivity contribution in [2.45, 2.75) is 24.6 Å². The maximum absolute atomic E-state index is 11.5. The molecule has 0 amide bonds. The third-order valence-corrected chi connectivity index (χ3v) is 9.03. The first-order chi connectivity index (χ1) is 15.0. The summed E-state index contributed by atoms with van der Waals surface area (Å²) in [5.41, 5.74) is 2.53. The molecule has 0 aliphatic carbocycles. The standard InChI is InChI=1S/C20H17ClN2O5S4/c1-11(5-16-22(8-18(24)25)14-7-13(21)3-4-15(14)30-16)6-17-23(10-32(26,27)28)20-19(31-17)12(2)9-29-20/h3-7,9H,8,10H2,1-2H3,(H-,24,25,26,27,28). The molecule has 4 rings (SSSR count). The quantitative estimate of drug-likeness (QED) is 0.367. The molecular formula is C20H17ClN2O5S4. The Kier molecular flexibility index (Phi) is 6.40. The van der Waals surface area contributed by atoms with E-state index in [2.05, 4.69) is 0 Å². The van der Waals surface area contributed by atoms with Gasteiger partial charge in [-0.2, -0.15) is 4.57 Å². The highest BCUT2D eigenvalue weighted by Gasteiger charge is 2.28. The van der Waals surface area contributed by atoms with Crippen molar-refractivity contribution in [3.8, 4) is 0 Å². The van der Waals surface area contributed by atoms with Crippen LogP contribution in [0.1, 0.15) is 17.5 Å². The van der Waals surface area contributed by atoms with E-state index < -0.39 is 22.0 Å². The minimum atomic E-state index is -4.48. The van der Waals surface area contributed by atoms with Gasteiger partial charge in [-0.1, -0.05) is 46.0 Å². The number of allylic oxidation sites excluding steroid dienone is 2. The lowest BCUT2D eigenvalue weighted by Gasteiger charge is -2.18. The van der Waals surface area contributed by atoms with Crippen LogP contribution in [0.25, 0.3) is 15.6 Å². The van der Waals surface area contributed by atoms with E-state index >= 15 is 0 Å². The van der Waals surface area contributed by atoms with E-state index in [1.807, 2.05) is 37.4 Å². The third kappa shape index (κ3) is 4.87. The van der Waals surface area contributed by atoms with Crippen molar-refractivity contribution in [3.63, 3.8) is 0 Å². The van der Waals surface area contributed by atoms with Gasteiger partial charge in [-0.05, 0) is 49.3 Å². The van der Waals surface area contributed by atoms with Gasteiger partial charge in [-0.3, -0.25) is 4.79 Å². The molecule has 0 bridgehead atoms. The molecular weight excluding hydrogens is 512 g/mol. The number of thioether (sulfide) groups is 1. The molecule has 1 N–H and O–H groups in total. The molecule has 2 aromatic heterocycles. The number of benzene rings is 1. The number of aliphatic carboxylic acids is 1. The van der Waals surface area contributed by atoms with Gasteiger partial charge in [-0.25, -0.2) is 8.42 Å². The number of anilines is 1. The Morgan fingerprint density at radius 3 is 2.81 bits per heavy atom. The number of aryl methyl sites for hydroxylation is 1. The zero-order valence-corrected chi connectivity index (χ0v) is 20.9. The summed E-state index contributed by atoms with van der Waals surface area (Å²) in [6, 6.07) is 5.33. The van der Waals surface area contributed by atoms with Gasteiger partial charge in [-0.15, -0.1) is 0 Å². The number of carbonyl (C=O) groups is 1. The molecule has 0 saturated heterocycles. The van der Waals surface area contributed by atoms with Gasteiger partial charge < -0.3 is 14.6 Å². The largest absolute Gasteiger partial charge is 0.743 e. The fraction of sp³-hybridized carbons (Fsp3) is 0.200. The molecule has 32 heavy (non-hydrogen) atoms. The Labute approximate surface area is 202 Å². The number of halogens is 1. The summed E-state index contributed by atoms with van der Waals surface area (Å²) in [6.45, 7) is 3.57. The van der Waals surface area contributed by atoms with E-state index in [1.165, 1.54) is 39.0 Å². The minimum Gasteiger partial charge on any atom is -0.743 e. The first kappa shape index (κ1) is 23.3. The molecule has 3 aromatic rings. The molecule has 3 heterocycles. The molecule has 0 saturated carbocycles. The van der Waals surface area contributed by atoms with Gasteiger partial charge in [0.05, 0.1) is 10.7 Å². The molecule has 1 aliphatic heterocycles. The highest BCUT2D eigenvalue weighted by molar-refractivity contribution is 8.03. The number of rotatable bonds is 6. The highest BCUT2D eigenvalue weighted by atomic mass is 35.5. The van der Waals surface area contributed by atoms with E-state index in [0.717, 1.165) is 36.3 Å². The van der Waals surface area contributed by atoms with Crippen LogP contribution in [0.4, 0.5) is 5.69 Å². The van der Waals surface area contributed by atoms with Crippen LogP contribution in [0.2, 0.25) is 5.02 Å². The van der Waals surface area contributed by atoms with Crippen molar-refractivity contribution in [1.29, 1.82) is 0 Å². The number of nitrogens with zero attached hydrogens (tertiary/aromatic N) is 2. The summed E-state index contributed by atoms with van der Waals surface area (Å²) < 4.78 is 36.9. The van der Waals surface area contributed by atoms with Crippen molar-refractivity contribution in [3.05, 3.63) is 55.9 Å². The molecule has 0 atom stereocenters. The van der Waals surface area contributed by atoms with Gasteiger partial charge in [0.15, 0.2) is 10.1 Å². The predicted octanol–water partition coefficient (Wildman–Crippen LogP) is 4.66. The van der Waals surface area contributed by atoms with Crippen molar-refractivity contribution in [2.24, 2.45) is 0 Å². The van der Waals surface area contributed by atoms with E-state index in [9.17, 15) is 22.9 Å². The van der Waals surface area contributed by atoms with Gasteiger partial charge in [0.25, 0.3) is 9.84 Å². The Balaban J connectivity index is 1.75. The minimum absolute atomic E-state index is 0.220. The van der Waals surface area contributed by atoms with Crippen LogP contribution in [0.5, 0.6) is 0 Å². The van der Waals surface area contributed by atoms with E-state index in [4.69, 9.17) is 11.6 Å². The summed E-state index contributed by atoms with van der Waals surface area (Å²) in [4.78, 5) is 14.8. The second-order valence-electron chi connectivity index (χ2n) is 7.17. The Hall–Kier alpha value is -1.89. The van der Waals surface area contributed by atoms with Gasteiger partial charge >= 0.3 is 5.97 Å². The monoisotopic (exact) mass is 528 g/mol. The second-order valence-corrected chi connectivity index (χ2v) is 11.9. The number of fused-ring (bicyclic) bond motifs is 2. The van der Waals surface area contributed by atoms with Crippen molar-refractivity contribution in [1.82, 2.24) is 0 Å². The summed E-state index contributed by atoms with van der Waals surface area (Å²) in [7, 11) is -4.48. The fourth-order valence-electron chi connectivity index (χ4n) is 3.29. The summed E-state index contributed by atoms with van der Waals surface area (Å²) in [5.74, 6) is -1.62. The van der Waals surface area contributed by atoms with Crippen LogP contribution in [-0.4, -0.2) is 30.6 Å². The number of thiazole rings is 1. The molecule has 1 aliphatic rings. The number of hydrogen-bond donors (Lipinski definition) is 1. The molecule has 7 nitrogen and oxygen atoms in total. The van der Waals surface area contributed by atoms with E-state index in [0.29, 0.717) is 10.0 Å². The maximum atomic E-state index is 11.5. The zero-order valence-electron chi connectivity index (χ0n) is 16.9. The Morgan fingerprint density at radius 2 is 2.12 bits per heavy atom. The average Bonchev–Trinajstić information content (AvgIpc) is 3.29. The molecule has 0 unspecified atom stereocenters. The fourth-order valence-corrected chi connectivity index (χ4v) is 7.86. The third-order valence-electron chi connectivity index (χ3n) is 4.59. The van der Waals surface area contributed by atoms with Crippen LogP contribution in [0.3, 0.4) is 0 Å². The van der Waals surface area contributed by atoms with Gasteiger partial charge in [0, 0.05) is 21.4 Å². The first-order valence-corrected chi connectivity index (χ1v) is 13.7. The smallest absolute Gasteiger partial charge is 0.323 e. The second kappa shape index (κ2) is 8.81. The van der Waals surface area contributed by atoms with Crippen LogP contribution in [0, 0.1) is 6.92 Å². The maximum Gasteiger partial charge on any atom is 0.323 e. The number of carboxylic acid groups (broad SMARTS) is 1. The Morgan fingerprint density at radius 1 is 1.38 bits per heavy atom. The van der Waals surface area contributed by atoms with Crippen LogP contribution in [0.15, 0.2) is 45.2 Å². The number of thiophene rings is 1. The average molecular weight is 529 g/mol. The normalized spacial score (nSPS) is 15.7. The lowest BCUT2D eigenvalue weighted by molar-refractivity contribution is -0.647. The van der Waals surface area contributed by atoms with Crippen molar-refractivity contribution < 1.29 is 27.4 Å². The number of aromatic nitrogens is 1. The Bertz CT molecular complexity index is 1400. The molecule has 12 heteroatoms. The van der Waals surface area contributed by atoms with Crippen LogP contribution >= 0.6 is 46.0 Å². The highest BCUT2D eigenvalue weighted by Crippen LogP contribution is 2.47. The van der Waals surface area contributed by atoms with E-state index in [1.54, 1.807) is 17.0 Å². The SMILES string of the molecule is CC(=C/c1sc2c(C)csc2[n+]1CS(=O)(=O)[O-])/C=C1/Sc2ccc(Cl)cc2N1CC(=O)O. The number of hydrogen-bond acceptors (Lipinski definition) is 8. The van der Waals surface area contributed by atoms with Gasteiger partial charge in [0.1, 0.15) is 11.2 Å². The van der Waals surface area contributed by atoms with Crippen molar-refractivity contribution in [2.75, 3.05) is 11.4 Å².